The SMILES string of the molecule is CCC(C)[C@H](NC(=O)[C@H](CC1CCCCC1)NC(=O)c1ccno1)C(=O)N1CCC2(CCC3CCCCC32)CC1. The maximum Gasteiger partial charge on any atom is 0.290 e. The Morgan fingerprint density at radius 1 is 1.00 bits per heavy atom. The van der Waals surface area contributed by atoms with Crippen LogP contribution in [0.4, 0.5) is 0 Å². The minimum Gasteiger partial charge on any atom is -0.351 e. The number of carbonyl (C=O) groups is 3. The van der Waals surface area contributed by atoms with Gasteiger partial charge in [-0.2, -0.15) is 0 Å². The minimum absolute atomic E-state index is 0.00171. The third-order valence-corrected chi connectivity index (χ3v) is 11.1. The molecule has 8 nitrogen and oxygen atoms in total. The largest absolute Gasteiger partial charge is 0.351 e. The van der Waals surface area contributed by atoms with Crippen LogP contribution in [0.2, 0.25) is 0 Å². The fourth-order valence-electron chi connectivity index (χ4n) is 8.49. The van der Waals surface area contributed by atoms with Crippen LogP contribution >= 0.6 is 0 Å². The van der Waals surface area contributed by atoms with Crippen molar-refractivity contribution >= 4 is 17.7 Å². The summed E-state index contributed by atoms with van der Waals surface area (Å²) in [6.07, 6.45) is 18.8. The first-order valence-corrected chi connectivity index (χ1v) is 16.2. The number of nitrogens with zero attached hydrogens (tertiary/aromatic N) is 2. The number of amides is 3. The van der Waals surface area contributed by atoms with E-state index < -0.39 is 18.0 Å². The van der Waals surface area contributed by atoms with Crippen LogP contribution in [0.25, 0.3) is 0 Å². The zero-order valence-corrected chi connectivity index (χ0v) is 24.7. The van der Waals surface area contributed by atoms with Gasteiger partial charge in [-0.15, -0.1) is 0 Å². The number of likely N-dealkylation sites (tertiary alicyclic amines) is 1. The smallest absolute Gasteiger partial charge is 0.290 e. The van der Waals surface area contributed by atoms with Gasteiger partial charge >= 0.3 is 0 Å². The molecule has 1 spiro atoms. The van der Waals surface area contributed by atoms with Gasteiger partial charge in [-0.3, -0.25) is 14.4 Å². The standard InChI is InChI=1S/C32H50N4O4/c1-3-22(2)28(31(39)36-19-16-32(17-20-36)15-13-24-11-7-8-12-25(24)32)35-29(37)26(21-23-9-5-4-6-10-23)34-30(38)27-14-18-33-40-27/h14,18,22-26,28H,3-13,15-17,19-21H2,1-2H3,(H,34,38)(H,35,37)/t22?,24?,25?,26-,28-/m0/s1. The molecule has 3 amide bonds. The average Bonchev–Trinajstić information content (AvgIpc) is 3.65. The molecule has 3 unspecified atom stereocenters. The van der Waals surface area contributed by atoms with Gasteiger partial charge in [0.2, 0.25) is 17.6 Å². The van der Waals surface area contributed by atoms with Crippen LogP contribution in [0.15, 0.2) is 16.8 Å². The highest BCUT2D eigenvalue weighted by Crippen LogP contribution is 2.58. The summed E-state index contributed by atoms with van der Waals surface area (Å²) in [5, 5.41) is 9.65. The molecule has 0 radical (unpaired) electrons. The normalized spacial score (nSPS) is 27.0. The van der Waals surface area contributed by atoms with Crippen molar-refractivity contribution in [2.75, 3.05) is 13.1 Å². The van der Waals surface area contributed by atoms with Crippen LogP contribution in [0, 0.1) is 29.1 Å². The molecular formula is C32H50N4O4. The zero-order valence-electron chi connectivity index (χ0n) is 24.7. The van der Waals surface area contributed by atoms with Gasteiger partial charge in [0.25, 0.3) is 5.91 Å². The summed E-state index contributed by atoms with van der Waals surface area (Å²) in [4.78, 5) is 42.6. The second kappa shape index (κ2) is 13.1. The van der Waals surface area contributed by atoms with E-state index in [1.54, 1.807) is 0 Å². The Hall–Kier alpha value is -2.38. The van der Waals surface area contributed by atoms with Crippen molar-refractivity contribution < 1.29 is 18.9 Å². The lowest BCUT2D eigenvalue weighted by Gasteiger charge is -2.46. The summed E-state index contributed by atoms with van der Waals surface area (Å²) in [7, 11) is 0. The molecule has 3 aliphatic carbocycles. The number of carbonyl (C=O) groups excluding carboxylic acids is 3. The number of fused-ring (bicyclic) bond motifs is 2. The van der Waals surface area contributed by atoms with E-state index in [9.17, 15) is 14.4 Å². The highest BCUT2D eigenvalue weighted by Gasteiger charge is 2.50. The topological polar surface area (TPSA) is 105 Å². The van der Waals surface area contributed by atoms with Crippen molar-refractivity contribution in [3.8, 4) is 0 Å². The lowest BCUT2D eigenvalue weighted by molar-refractivity contribution is -0.141. The van der Waals surface area contributed by atoms with Crippen molar-refractivity contribution in [2.24, 2.45) is 29.1 Å². The van der Waals surface area contributed by atoms with Crippen molar-refractivity contribution in [3.63, 3.8) is 0 Å². The quantitative estimate of drug-likeness (QED) is 0.420. The molecule has 4 aliphatic rings. The van der Waals surface area contributed by atoms with Gasteiger partial charge in [0.1, 0.15) is 12.1 Å². The molecule has 4 fully saturated rings. The molecule has 40 heavy (non-hydrogen) atoms. The number of rotatable bonds is 9. The first kappa shape index (κ1) is 29.1. The molecule has 8 heteroatoms. The predicted molar refractivity (Wildman–Crippen MR) is 153 cm³/mol. The maximum atomic E-state index is 13.9. The molecule has 5 atom stereocenters. The molecule has 2 N–H and O–H groups in total. The van der Waals surface area contributed by atoms with Gasteiger partial charge in [-0.25, -0.2) is 0 Å². The summed E-state index contributed by atoms with van der Waals surface area (Å²) in [6, 6.07) is 0.194. The molecule has 0 bridgehead atoms. The van der Waals surface area contributed by atoms with E-state index in [4.69, 9.17) is 4.52 Å². The van der Waals surface area contributed by atoms with Gasteiger partial charge in [-0.1, -0.05) is 76.8 Å². The van der Waals surface area contributed by atoms with E-state index in [0.717, 1.165) is 69.9 Å². The second-order valence-corrected chi connectivity index (χ2v) is 13.4. The minimum atomic E-state index is -0.716. The molecule has 0 aromatic carbocycles. The molecule has 3 saturated carbocycles. The van der Waals surface area contributed by atoms with Crippen LogP contribution in [0.1, 0.15) is 121 Å². The van der Waals surface area contributed by atoms with E-state index in [2.05, 4.69) is 22.7 Å². The summed E-state index contributed by atoms with van der Waals surface area (Å²) in [5.41, 5.74) is 0.424. The maximum absolute atomic E-state index is 13.9. The van der Waals surface area contributed by atoms with Crippen LogP contribution in [0.3, 0.4) is 0 Å². The van der Waals surface area contributed by atoms with E-state index in [-0.39, 0.29) is 23.5 Å². The van der Waals surface area contributed by atoms with Crippen molar-refractivity contribution in [2.45, 2.75) is 122 Å². The van der Waals surface area contributed by atoms with E-state index in [1.807, 2.05) is 11.8 Å². The fourth-order valence-corrected chi connectivity index (χ4v) is 8.49. The van der Waals surface area contributed by atoms with Gasteiger partial charge in [-0.05, 0) is 67.6 Å². The Balaban J connectivity index is 1.24. The third-order valence-electron chi connectivity index (χ3n) is 11.1. The van der Waals surface area contributed by atoms with E-state index in [1.165, 1.54) is 57.2 Å². The average molecular weight is 555 g/mol. The fraction of sp³-hybridized carbons (Fsp3) is 0.812. The van der Waals surface area contributed by atoms with Crippen molar-refractivity contribution in [1.29, 1.82) is 0 Å². The van der Waals surface area contributed by atoms with Gasteiger partial charge < -0.3 is 20.1 Å². The Kier molecular flexibility index (Phi) is 9.52. The predicted octanol–water partition coefficient (Wildman–Crippen LogP) is 5.48. The zero-order chi connectivity index (χ0) is 28.1. The summed E-state index contributed by atoms with van der Waals surface area (Å²) < 4.78 is 5.04. The number of hydrogen-bond donors (Lipinski definition) is 2. The van der Waals surface area contributed by atoms with Crippen LogP contribution in [0.5, 0.6) is 0 Å². The van der Waals surface area contributed by atoms with Crippen LogP contribution in [-0.4, -0.2) is 53.0 Å². The van der Waals surface area contributed by atoms with E-state index >= 15 is 0 Å². The molecule has 1 aromatic rings. The lowest BCUT2D eigenvalue weighted by atomic mass is 9.65. The van der Waals surface area contributed by atoms with Gasteiger partial charge in [0.15, 0.2) is 0 Å². The molecule has 222 valence electrons. The Bertz CT molecular complexity index is 997. The number of hydrogen-bond acceptors (Lipinski definition) is 5. The van der Waals surface area contributed by atoms with Crippen molar-refractivity contribution in [3.05, 3.63) is 18.0 Å². The number of nitrogens with one attached hydrogen (secondary N) is 2. The van der Waals surface area contributed by atoms with Crippen LogP contribution < -0.4 is 10.6 Å². The third kappa shape index (κ3) is 6.41. The van der Waals surface area contributed by atoms with E-state index in [0.29, 0.717) is 17.8 Å². The second-order valence-electron chi connectivity index (χ2n) is 13.4. The molecule has 1 aliphatic heterocycles. The Morgan fingerprint density at radius 2 is 1.73 bits per heavy atom. The molecule has 2 heterocycles. The van der Waals surface area contributed by atoms with Crippen molar-refractivity contribution in [1.82, 2.24) is 20.7 Å². The summed E-state index contributed by atoms with van der Waals surface area (Å²) in [5.74, 6) is 1.53. The monoisotopic (exact) mass is 554 g/mol. The summed E-state index contributed by atoms with van der Waals surface area (Å²) >= 11 is 0. The van der Waals surface area contributed by atoms with Crippen LogP contribution in [-0.2, 0) is 9.59 Å². The highest BCUT2D eigenvalue weighted by molar-refractivity contribution is 5.96. The first-order valence-electron chi connectivity index (χ1n) is 16.2. The number of aromatic nitrogens is 1. The molecular weight excluding hydrogens is 504 g/mol. The first-order chi connectivity index (χ1) is 19.4. The Labute approximate surface area is 239 Å². The molecule has 5 rings (SSSR count). The lowest BCUT2D eigenvalue weighted by Crippen LogP contribution is -2.58. The van der Waals surface area contributed by atoms with Gasteiger partial charge in [0.05, 0.1) is 6.20 Å². The molecule has 1 saturated heterocycles. The summed E-state index contributed by atoms with van der Waals surface area (Å²) in [6.45, 7) is 5.69. The Morgan fingerprint density at radius 3 is 2.42 bits per heavy atom. The molecule has 1 aromatic heterocycles. The van der Waals surface area contributed by atoms with Gasteiger partial charge in [0, 0.05) is 19.2 Å². The number of piperidine rings is 1. The highest BCUT2D eigenvalue weighted by atomic mass is 16.5.